The van der Waals surface area contributed by atoms with Crippen LogP contribution in [0.1, 0.15) is 30.0 Å². The fourth-order valence-electron chi connectivity index (χ4n) is 2.73. The molecule has 1 aliphatic rings. The number of hydrogen-bond donors (Lipinski definition) is 0. The Hall–Kier alpha value is -1.17. The van der Waals surface area contributed by atoms with E-state index in [4.69, 9.17) is 11.6 Å². The Morgan fingerprint density at radius 3 is 2.58 bits per heavy atom. The highest BCUT2D eigenvalue weighted by molar-refractivity contribution is 9.10. The normalized spacial score (nSPS) is 17.0. The zero-order chi connectivity index (χ0) is 17.1. The molecular weight excluding hydrogens is 455 g/mol. The number of hydrogen-bond acceptors (Lipinski definition) is 2. The molecule has 0 aliphatic carbocycles. The van der Waals surface area contributed by atoms with Gasteiger partial charge >= 0.3 is 0 Å². The van der Waals surface area contributed by atoms with E-state index in [-0.39, 0.29) is 18.4 Å². The third-order valence-corrected chi connectivity index (χ3v) is 5.10. The van der Waals surface area contributed by atoms with Crippen molar-refractivity contribution >= 4 is 55.1 Å². The van der Waals surface area contributed by atoms with Crippen LogP contribution >= 0.6 is 43.5 Å². The standard InChI is InChI=1S/C18H15Br2ClN2O/c19-14-6-4-12(5-7-14)16-11-17(13-2-1-3-15(20)10-13)23(22-16)18(24)8-9-21/h1-7,10,17H,8-9,11H2/t17-/m0/s1. The van der Waals surface area contributed by atoms with Crippen molar-refractivity contribution in [3.8, 4) is 0 Å². The predicted octanol–water partition coefficient (Wildman–Crippen LogP) is 5.52. The molecule has 0 spiro atoms. The largest absolute Gasteiger partial charge is 0.273 e. The number of halogens is 3. The summed E-state index contributed by atoms with van der Waals surface area (Å²) in [6.45, 7) is 0. The van der Waals surface area contributed by atoms with Gasteiger partial charge in [-0.15, -0.1) is 11.6 Å². The van der Waals surface area contributed by atoms with Gasteiger partial charge in [0.15, 0.2) is 0 Å². The lowest BCUT2D eigenvalue weighted by Gasteiger charge is -2.22. The Morgan fingerprint density at radius 1 is 1.17 bits per heavy atom. The van der Waals surface area contributed by atoms with Crippen LogP contribution in [0.3, 0.4) is 0 Å². The molecule has 0 saturated heterocycles. The number of carbonyl (C=O) groups is 1. The molecule has 6 heteroatoms. The summed E-state index contributed by atoms with van der Waals surface area (Å²) in [6, 6.07) is 15.9. The van der Waals surface area contributed by atoms with Gasteiger partial charge in [-0.3, -0.25) is 4.79 Å². The fraction of sp³-hybridized carbons (Fsp3) is 0.222. The van der Waals surface area contributed by atoms with Gasteiger partial charge < -0.3 is 0 Å². The zero-order valence-corrected chi connectivity index (χ0v) is 16.7. The molecule has 0 aromatic heterocycles. The molecule has 3 nitrogen and oxygen atoms in total. The van der Waals surface area contributed by atoms with Crippen molar-refractivity contribution in [3.05, 3.63) is 68.6 Å². The molecule has 0 saturated carbocycles. The predicted molar refractivity (Wildman–Crippen MR) is 104 cm³/mol. The SMILES string of the molecule is O=C(CCCl)N1N=C(c2ccc(Br)cc2)C[C@H]1c1cccc(Br)c1. The highest BCUT2D eigenvalue weighted by Crippen LogP contribution is 2.34. The van der Waals surface area contributed by atoms with Crippen LogP contribution in [-0.4, -0.2) is 22.5 Å². The zero-order valence-electron chi connectivity index (χ0n) is 12.8. The lowest BCUT2D eigenvalue weighted by atomic mass is 9.98. The van der Waals surface area contributed by atoms with Crippen LogP contribution in [-0.2, 0) is 4.79 Å². The molecule has 0 bridgehead atoms. The van der Waals surface area contributed by atoms with Gasteiger partial charge in [-0.05, 0) is 35.4 Å². The average molecular weight is 471 g/mol. The van der Waals surface area contributed by atoms with Gasteiger partial charge in [0.1, 0.15) is 0 Å². The number of nitrogens with zero attached hydrogens (tertiary/aromatic N) is 2. The van der Waals surface area contributed by atoms with E-state index in [1.807, 2.05) is 48.5 Å². The summed E-state index contributed by atoms with van der Waals surface area (Å²) < 4.78 is 2.00. The van der Waals surface area contributed by atoms with Crippen molar-refractivity contribution in [1.82, 2.24) is 5.01 Å². The van der Waals surface area contributed by atoms with Crippen molar-refractivity contribution < 1.29 is 4.79 Å². The topological polar surface area (TPSA) is 32.7 Å². The summed E-state index contributed by atoms with van der Waals surface area (Å²) in [6.07, 6.45) is 0.968. The monoisotopic (exact) mass is 468 g/mol. The molecule has 2 aromatic carbocycles. The molecule has 124 valence electrons. The Balaban J connectivity index is 1.94. The van der Waals surface area contributed by atoms with Crippen LogP contribution in [0.15, 0.2) is 62.6 Å². The number of amides is 1. The quantitative estimate of drug-likeness (QED) is 0.542. The molecule has 0 radical (unpaired) electrons. The summed E-state index contributed by atoms with van der Waals surface area (Å²) in [4.78, 5) is 12.5. The molecule has 1 amide bonds. The van der Waals surface area contributed by atoms with Crippen LogP contribution in [0.25, 0.3) is 0 Å². The summed E-state index contributed by atoms with van der Waals surface area (Å²) in [5, 5.41) is 6.19. The first-order valence-corrected chi connectivity index (χ1v) is 9.67. The maximum atomic E-state index is 12.5. The van der Waals surface area contributed by atoms with Crippen molar-refractivity contribution in [1.29, 1.82) is 0 Å². The summed E-state index contributed by atoms with van der Waals surface area (Å²) in [5.74, 6) is 0.242. The highest BCUT2D eigenvalue weighted by atomic mass is 79.9. The Bertz CT molecular complexity index is 777. The second-order valence-electron chi connectivity index (χ2n) is 5.51. The van der Waals surface area contributed by atoms with Crippen LogP contribution in [0, 0.1) is 0 Å². The van der Waals surface area contributed by atoms with Crippen LogP contribution in [0.2, 0.25) is 0 Å². The molecule has 0 unspecified atom stereocenters. The first kappa shape index (κ1) is 17.6. The minimum atomic E-state index is -0.100. The molecule has 24 heavy (non-hydrogen) atoms. The fourth-order valence-corrected chi connectivity index (χ4v) is 3.57. The summed E-state index contributed by atoms with van der Waals surface area (Å²) >= 11 is 12.7. The van der Waals surface area contributed by atoms with E-state index in [2.05, 4.69) is 37.0 Å². The maximum absolute atomic E-state index is 12.5. The molecule has 1 atom stereocenters. The van der Waals surface area contributed by atoms with Crippen molar-refractivity contribution in [2.75, 3.05) is 5.88 Å². The molecule has 2 aromatic rings. The van der Waals surface area contributed by atoms with E-state index in [0.29, 0.717) is 12.3 Å². The third-order valence-electron chi connectivity index (χ3n) is 3.89. The Morgan fingerprint density at radius 2 is 1.92 bits per heavy atom. The number of alkyl halides is 1. The number of rotatable bonds is 4. The highest BCUT2D eigenvalue weighted by Gasteiger charge is 2.32. The van der Waals surface area contributed by atoms with Gasteiger partial charge in [-0.1, -0.05) is 56.1 Å². The Kier molecular flexibility index (Phi) is 5.74. The van der Waals surface area contributed by atoms with E-state index in [1.54, 1.807) is 5.01 Å². The second-order valence-corrected chi connectivity index (χ2v) is 7.72. The summed E-state index contributed by atoms with van der Waals surface area (Å²) in [7, 11) is 0. The number of hydrazone groups is 1. The van der Waals surface area contributed by atoms with E-state index in [1.165, 1.54) is 0 Å². The number of carbonyl (C=O) groups excluding carboxylic acids is 1. The molecule has 0 N–H and O–H groups in total. The van der Waals surface area contributed by atoms with E-state index >= 15 is 0 Å². The first-order valence-electron chi connectivity index (χ1n) is 7.55. The van der Waals surface area contributed by atoms with Crippen molar-refractivity contribution in [2.24, 2.45) is 5.10 Å². The van der Waals surface area contributed by atoms with Crippen molar-refractivity contribution in [3.63, 3.8) is 0 Å². The smallest absolute Gasteiger partial charge is 0.244 e. The van der Waals surface area contributed by atoms with Gasteiger partial charge in [-0.2, -0.15) is 5.10 Å². The van der Waals surface area contributed by atoms with E-state index in [9.17, 15) is 4.79 Å². The average Bonchev–Trinajstić information content (AvgIpc) is 3.01. The van der Waals surface area contributed by atoms with Gasteiger partial charge in [0.2, 0.25) is 5.91 Å². The van der Waals surface area contributed by atoms with Crippen LogP contribution in [0.4, 0.5) is 0 Å². The summed E-state index contributed by atoms with van der Waals surface area (Å²) in [5.41, 5.74) is 3.00. The molecule has 1 heterocycles. The van der Waals surface area contributed by atoms with Gasteiger partial charge in [0.05, 0.1) is 11.8 Å². The third kappa shape index (κ3) is 3.90. The van der Waals surface area contributed by atoms with E-state index in [0.717, 1.165) is 25.8 Å². The van der Waals surface area contributed by atoms with Crippen molar-refractivity contribution in [2.45, 2.75) is 18.9 Å². The van der Waals surface area contributed by atoms with Crippen LogP contribution in [0.5, 0.6) is 0 Å². The minimum absolute atomic E-state index is 0.0536. The minimum Gasteiger partial charge on any atom is -0.273 e. The van der Waals surface area contributed by atoms with Gasteiger partial charge in [0, 0.05) is 27.7 Å². The molecule has 3 rings (SSSR count). The molecular formula is C18H15Br2ClN2O. The number of benzene rings is 2. The van der Waals surface area contributed by atoms with Gasteiger partial charge in [0.25, 0.3) is 0 Å². The molecule has 1 aliphatic heterocycles. The lowest BCUT2D eigenvalue weighted by molar-refractivity contribution is -0.132. The molecule has 0 fully saturated rings. The van der Waals surface area contributed by atoms with Crippen LogP contribution < -0.4 is 0 Å². The lowest BCUT2D eigenvalue weighted by Crippen LogP contribution is -2.27. The maximum Gasteiger partial charge on any atom is 0.244 e. The Labute approximate surface area is 162 Å². The first-order chi connectivity index (χ1) is 11.6. The van der Waals surface area contributed by atoms with Gasteiger partial charge in [-0.25, -0.2) is 5.01 Å². The second kappa shape index (κ2) is 7.81. The van der Waals surface area contributed by atoms with E-state index < -0.39 is 0 Å².